The van der Waals surface area contributed by atoms with Crippen LogP contribution in [0.2, 0.25) is 0 Å². The van der Waals surface area contributed by atoms with Gasteiger partial charge >= 0.3 is 5.97 Å². The van der Waals surface area contributed by atoms with Crippen molar-refractivity contribution in [3.8, 4) is 5.75 Å². The number of anilines is 1. The van der Waals surface area contributed by atoms with Gasteiger partial charge in [0.1, 0.15) is 16.9 Å². The molecule has 0 radical (unpaired) electrons. The number of esters is 1. The van der Waals surface area contributed by atoms with Crippen molar-refractivity contribution in [3.63, 3.8) is 0 Å². The summed E-state index contributed by atoms with van der Waals surface area (Å²) in [5.74, 6) is -1.82. The molecule has 0 spiro atoms. The topological polar surface area (TPSA) is 147 Å². The van der Waals surface area contributed by atoms with Crippen LogP contribution in [0, 0.1) is 34.5 Å². The van der Waals surface area contributed by atoms with Crippen molar-refractivity contribution in [3.05, 3.63) is 47.6 Å². The van der Waals surface area contributed by atoms with Gasteiger partial charge < -0.3 is 25.8 Å². The van der Waals surface area contributed by atoms with E-state index in [0.29, 0.717) is 6.42 Å². The van der Waals surface area contributed by atoms with E-state index in [0.717, 1.165) is 12.0 Å². The molecule has 0 aliphatic heterocycles. The monoisotopic (exact) mass is 509 g/mol. The number of ether oxygens (including phenoxy) is 1. The number of nitrogen functional groups attached to an aromatic ring is 1. The highest BCUT2D eigenvalue weighted by atomic mass is 16.5. The number of fused-ring (bicyclic) bond motifs is 5. The molecule has 8 heteroatoms. The van der Waals surface area contributed by atoms with Gasteiger partial charge in [0.15, 0.2) is 12.4 Å². The molecule has 0 unspecified atom stereocenters. The first-order valence-corrected chi connectivity index (χ1v) is 13.0. The third-order valence-corrected chi connectivity index (χ3v) is 10.0. The summed E-state index contributed by atoms with van der Waals surface area (Å²) in [4.78, 5) is 38.1. The van der Waals surface area contributed by atoms with E-state index in [1.165, 1.54) is 18.2 Å². The summed E-state index contributed by atoms with van der Waals surface area (Å²) in [7, 11) is 0. The Hall–Kier alpha value is -2.97. The van der Waals surface area contributed by atoms with Crippen LogP contribution < -0.4 is 5.73 Å². The Labute approximate surface area is 216 Å². The van der Waals surface area contributed by atoms with Gasteiger partial charge in [0.05, 0.1) is 6.10 Å². The SMILES string of the molecule is C[C@H]1C[C@@H]2[C@H]([C@@H](O)C[C@@]3(C)[C@H]2CC[C@]3(O)C(=O)COC(=O)c2cc(N)ccc2O)[C@@]2(C)C=CC(=O)C=C12. The zero-order valence-corrected chi connectivity index (χ0v) is 21.4. The molecule has 1 aromatic carbocycles. The number of phenols is 1. The van der Waals surface area contributed by atoms with Crippen LogP contribution in [0.1, 0.15) is 56.8 Å². The summed E-state index contributed by atoms with van der Waals surface area (Å²) < 4.78 is 5.20. The normalized spacial score (nSPS) is 40.3. The highest BCUT2D eigenvalue weighted by Crippen LogP contribution is 2.67. The van der Waals surface area contributed by atoms with Crippen molar-refractivity contribution in [2.45, 2.75) is 58.2 Å². The lowest BCUT2D eigenvalue weighted by Gasteiger charge is -2.60. The second kappa shape index (κ2) is 8.53. The first kappa shape index (κ1) is 25.7. The minimum absolute atomic E-state index is 0.0182. The van der Waals surface area contributed by atoms with E-state index in [2.05, 4.69) is 13.8 Å². The highest BCUT2D eigenvalue weighted by molar-refractivity contribution is 6.01. The maximum atomic E-state index is 13.4. The number of Topliss-reactive ketones (excluding diaryl/α,β-unsaturated/α-hetero) is 1. The molecule has 37 heavy (non-hydrogen) atoms. The lowest BCUT2D eigenvalue weighted by molar-refractivity contribution is -0.180. The summed E-state index contributed by atoms with van der Waals surface area (Å²) in [6.45, 7) is 5.40. The fourth-order valence-corrected chi connectivity index (χ4v) is 8.26. The van der Waals surface area contributed by atoms with Gasteiger partial charge in [-0.15, -0.1) is 0 Å². The number of carbonyl (C=O) groups is 3. The van der Waals surface area contributed by atoms with E-state index in [1.54, 1.807) is 12.2 Å². The van der Waals surface area contributed by atoms with Gasteiger partial charge in [0.2, 0.25) is 5.78 Å². The lowest BCUT2D eigenvalue weighted by Crippen LogP contribution is -2.62. The van der Waals surface area contributed by atoms with E-state index >= 15 is 0 Å². The van der Waals surface area contributed by atoms with Crippen LogP contribution in [0.5, 0.6) is 5.75 Å². The highest BCUT2D eigenvalue weighted by Gasteiger charge is 2.68. The van der Waals surface area contributed by atoms with E-state index in [4.69, 9.17) is 10.5 Å². The molecule has 8 nitrogen and oxygen atoms in total. The van der Waals surface area contributed by atoms with Gasteiger partial charge in [0.25, 0.3) is 0 Å². The van der Waals surface area contributed by atoms with Gasteiger partial charge in [-0.3, -0.25) is 9.59 Å². The van der Waals surface area contributed by atoms with Crippen LogP contribution in [-0.2, 0) is 14.3 Å². The molecule has 8 atom stereocenters. The Balaban J connectivity index is 1.39. The van der Waals surface area contributed by atoms with Crippen molar-refractivity contribution >= 4 is 23.2 Å². The number of hydrogen-bond donors (Lipinski definition) is 4. The van der Waals surface area contributed by atoms with Crippen LogP contribution in [0.4, 0.5) is 5.69 Å². The third-order valence-electron chi connectivity index (χ3n) is 10.0. The summed E-state index contributed by atoms with van der Waals surface area (Å²) >= 11 is 0. The minimum atomic E-state index is -1.76. The number of aliphatic hydroxyl groups is 2. The number of benzene rings is 1. The Morgan fingerprint density at radius 3 is 2.70 bits per heavy atom. The number of aromatic hydroxyl groups is 1. The van der Waals surface area contributed by atoms with E-state index < -0.39 is 40.9 Å². The van der Waals surface area contributed by atoms with Crippen molar-refractivity contribution < 1.29 is 34.4 Å². The number of allylic oxidation sites excluding steroid dienone is 4. The number of carbonyl (C=O) groups excluding carboxylic acids is 3. The van der Waals surface area contributed by atoms with Crippen LogP contribution in [-0.4, -0.2) is 51.2 Å². The van der Waals surface area contributed by atoms with E-state index in [-0.39, 0.29) is 59.3 Å². The zero-order chi connectivity index (χ0) is 26.9. The summed E-state index contributed by atoms with van der Waals surface area (Å²) in [6.07, 6.45) is 6.26. The molecule has 0 heterocycles. The Morgan fingerprint density at radius 1 is 1.24 bits per heavy atom. The number of hydrogen-bond acceptors (Lipinski definition) is 8. The Morgan fingerprint density at radius 2 is 1.97 bits per heavy atom. The number of nitrogens with two attached hydrogens (primary N) is 1. The molecule has 0 aromatic heterocycles. The maximum absolute atomic E-state index is 13.4. The van der Waals surface area contributed by atoms with Crippen LogP contribution in [0.3, 0.4) is 0 Å². The summed E-state index contributed by atoms with van der Waals surface area (Å²) in [5.41, 5.74) is 3.72. The van der Waals surface area contributed by atoms with Crippen LogP contribution in [0.15, 0.2) is 42.0 Å². The molecule has 0 saturated heterocycles. The minimum Gasteiger partial charge on any atom is -0.507 e. The predicted octanol–water partition coefficient (Wildman–Crippen LogP) is 2.96. The second-order valence-electron chi connectivity index (χ2n) is 11.9. The first-order valence-electron chi connectivity index (χ1n) is 13.0. The summed E-state index contributed by atoms with van der Waals surface area (Å²) in [5, 5.41) is 33.3. The zero-order valence-electron chi connectivity index (χ0n) is 21.4. The molecule has 4 aliphatic rings. The molecular weight excluding hydrogens is 474 g/mol. The molecule has 0 amide bonds. The third kappa shape index (κ3) is 3.67. The predicted molar refractivity (Wildman–Crippen MR) is 135 cm³/mol. The second-order valence-corrected chi connectivity index (χ2v) is 11.9. The average molecular weight is 510 g/mol. The van der Waals surface area contributed by atoms with Crippen molar-refractivity contribution in [2.75, 3.05) is 12.3 Å². The quantitative estimate of drug-likeness (QED) is 0.275. The molecule has 3 fully saturated rings. The molecule has 4 aliphatic carbocycles. The largest absolute Gasteiger partial charge is 0.507 e. The molecule has 5 N–H and O–H groups in total. The Bertz CT molecular complexity index is 1240. The van der Waals surface area contributed by atoms with Crippen molar-refractivity contribution in [1.82, 2.24) is 0 Å². The maximum Gasteiger partial charge on any atom is 0.342 e. The van der Waals surface area contributed by atoms with E-state index in [9.17, 15) is 29.7 Å². The van der Waals surface area contributed by atoms with E-state index in [1.807, 2.05) is 13.0 Å². The van der Waals surface area contributed by atoms with Crippen LogP contribution >= 0.6 is 0 Å². The van der Waals surface area contributed by atoms with Crippen molar-refractivity contribution in [2.24, 2.45) is 34.5 Å². The average Bonchev–Trinajstić information content (AvgIpc) is 3.11. The fraction of sp³-hybridized carbons (Fsp3) is 0.552. The van der Waals surface area contributed by atoms with Gasteiger partial charge in [-0.1, -0.05) is 32.4 Å². The molecule has 198 valence electrons. The lowest BCUT2D eigenvalue weighted by atomic mass is 9.45. The van der Waals surface area contributed by atoms with Gasteiger partial charge in [-0.2, -0.15) is 0 Å². The first-order chi connectivity index (χ1) is 17.3. The number of ketones is 2. The number of aliphatic hydroxyl groups excluding tert-OH is 1. The van der Waals surface area contributed by atoms with Gasteiger partial charge in [-0.05, 0) is 73.8 Å². The number of phenolic OH excluding ortho intramolecular Hbond substituents is 1. The molecule has 5 rings (SSSR count). The number of rotatable bonds is 4. The molecule has 1 aromatic rings. The summed E-state index contributed by atoms with van der Waals surface area (Å²) in [6, 6.07) is 3.98. The Kier molecular flexibility index (Phi) is 5.92. The van der Waals surface area contributed by atoms with Crippen LogP contribution in [0.25, 0.3) is 0 Å². The van der Waals surface area contributed by atoms with Gasteiger partial charge in [-0.25, -0.2) is 4.79 Å². The van der Waals surface area contributed by atoms with Crippen molar-refractivity contribution in [1.29, 1.82) is 0 Å². The molecular formula is C29H35NO7. The van der Waals surface area contributed by atoms with Gasteiger partial charge in [0, 0.05) is 22.4 Å². The standard InChI is InChI=1S/C29H35NO7/c1-15-10-18-20-7-9-29(36,24(34)14-37-26(35)19-11-16(30)4-5-22(19)32)28(20,3)13-23(33)25(18)27(2)8-6-17(31)12-21(15)27/h4-6,8,11-12,15,18,20,23,25,32-33,36H,7,9-10,13-14,30H2,1-3H3/t15-,18-,20-,23-,25+,27-,28-,29-/m0/s1. The smallest absolute Gasteiger partial charge is 0.342 e. The molecule has 3 saturated carbocycles. The fourth-order valence-electron chi connectivity index (χ4n) is 8.26. The molecule has 0 bridgehead atoms.